The summed E-state index contributed by atoms with van der Waals surface area (Å²) in [5.41, 5.74) is 0. The summed E-state index contributed by atoms with van der Waals surface area (Å²) in [6.45, 7) is 5.58. The molecule has 0 saturated heterocycles. The van der Waals surface area contributed by atoms with Crippen LogP contribution in [0.1, 0.15) is 77.0 Å². The molecule has 2 nitrogen and oxygen atoms in total. The Labute approximate surface area is 138 Å². The zero-order chi connectivity index (χ0) is 15.1. The van der Waals surface area contributed by atoms with Crippen LogP contribution in [0.4, 0.5) is 0 Å². The molecule has 1 saturated carbocycles. The van der Waals surface area contributed by atoms with Gasteiger partial charge in [-0.25, -0.2) is 0 Å². The van der Waals surface area contributed by atoms with Crippen LogP contribution in [-0.2, 0) is 0 Å². The Bertz CT molecular complexity index is 396. The van der Waals surface area contributed by atoms with Crippen molar-refractivity contribution in [1.82, 2.24) is 5.32 Å². The number of halogens is 1. The molecule has 1 aliphatic rings. The van der Waals surface area contributed by atoms with Crippen molar-refractivity contribution in [3.63, 3.8) is 0 Å². The molecule has 1 unspecified atom stereocenters. The van der Waals surface area contributed by atoms with Crippen LogP contribution in [0.5, 0.6) is 0 Å². The fourth-order valence-electron chi connectivity index (χ4n) is 3.60. The molecule has 1 aliphatic carbocycles. The third kappa shape index (κ3) is 4.85. The Morgan fingerprint density at radius 2 is 2.00 bits per heavy atom. The first-order chi connectivity index (χ1) is 10.3. The van der Waals surface area contributed by atoms with E-state index < -0.39 is 0 Å². The summed E-state index contributed by atoms with van der Waals surface area (Å²) in [6, 6.07) is 2.39. The molecule has 1 heterocycles. The van der Waals surface area contributed by atoms with Gasteiger partial charge in [0.05, 0.1) is 16.8 Å². The molecule has 120 valence electrons. The van der Waals surface area contributed by atoms with E-state index in [-0.39, 0.29) is 0 Å². The van der Waals surface area contributed by atoms with Crippen molar-refractivity contribution in [2.24, 2.45) is 11.8 Å². The summed E-state index contributed by atoms with van der Waals surface area (Å²) in [5.74, 6) is 2.78. The van der Waals surface area contributed by atoms with Crippen LogP contribution in [0.2, 0.25) is 0 Å². The lowest BCUT2D eigenvalue weighted by Gasteiger charge is -2.34. The smallest absolute Gasteiger partial charge is 0.135 e. The number of nitrogens with one attached hydrogen (secondary N) is 1. The number of hydrogen-bond acceptors (Lipinski definition) is 2. The molecule has 1 aromatic rings. The van der Waals surface area contributed by atoms with E-state index >= 15 is 0 Å². The Hall–Kier alpha value is -0.280. The molecular weight excluding hydrogens is 326 g/mol. The quantitative estimate of drug-likeness (QED) is 0.611. The highest BCUT2D eigenvalue weighted by Crippen LogP contribution is 2.40. The van der Waals surface area contributed by atoms with E-state index in [1.54, 1.807) is 6.26 Å². The van der Waals surface area contributed by atoms with Gasteiger partial charge in [-0.05, 0) is 59.6 Å². The zero-order valence-corrected chi connectivity index (χ0v) is 15.1. The van der Waals surface area contributed by atoms with Crippen LogP contribution in [0.15, 0.2) is 21.2 Å². The van der Waals surface area contributed by atoms with Crippen molar-refractivity contribution < 1.29 is 4.42 Å². The molecular formula is C18H30BrNO. The molecule has 0 aliphatic heterocycles. The number of unbranched alkanes of at least 4 members (excludes halogenated alkanes) is 1. The number of furan rings is 1. The van der Waals surface area contributed by atoms with Gasteiger partial charge in [0, 0.05) is 0 Å². The lowest BCUT2D eigenvalue weighted by molar-refractivity contribution is 0.197. The minimum atomic E-state index is 0.376. The fraction of sp³-hybridized carbons (Fsp3) is 0.778. The van der Waals surface area contributed by atoms with Crippen LogP contribution in [0, 0.1) is 11.8 Å². The largest absolute Gasteiger partial charge is 0.466 e. The summed E-state index contributed by atoms with van der Waals surface area (Å²) in [4.78, 5) is 0. The maximum Gasteiger partial charge on any atom is 0.135 e. The second-order valence-electron chi connectivity index (χ2n) is 6.49. The average molecular weight is 356 g/mol. The molecule has 1 aromatic heterocycles. The fourth-order valence-corrected chi connectivity index (χ4v) is 4.05. The third-order valence-electron chi connectivity index (χ3n) is 4.87. The summed E-state index contributed by atoms with van der Waals surface area (Å²) in [6.07, 6.45) is 12.6. The first kappa shape index (κ1) is 17.1. The highest BCUT2D eigenvalue weighted by Gasteiger charge is 2.30. The predicted octanol–water partition coefficient (Wildman–Crippen LogP) is 6.08. The summed E-state index contributed by atoms with van der Waals surface area (Å²) >= 11 is 3.64. The molecule has 0 amide bonds. The van der Waals surface area contributed by atoms with Crippen molar-refractivity contribution in [1.29, 1.82) is 0 Å². The Morgan fingerprint density at radius 1 is 1.24 bits per heavy atom. The standard InChI is InChI=1S/C18H30BrNO/c1-3-5-6-14-7-9-15(10-8-14)17(20-12-4-2)18-16(19)11-13-21-18/h11,13-15,17,20H,3-10,12H2,1-2H3. The van der Waals surface area contributed by atoms with E-state index in [4.69, 9.17) is 4.42 Å². The van der Waals surface area contributed by atoms with Crippen molar-refractivity contribution in [3.8, 4) is 0 Å². The summed E-state index contributed by atoms with van der Waals surface area (Å²) < 4.78 is 6.87. The lowest BCUT2D eigenvalue weighted by Crippen LogP contribution is -2.31. The van der Waals surface area contributed by atoms with E-state index in [0.29, 0.717) is 6.04 Å². The van der Waals surface area contributed by atoms with Gasteiger partial charge in [0.1, 0.15) is 5.76 Å². The summed E-state index contributed by atoms with van der Waals surface area (Å²) in [7, 11) is 0. The lowest BCUT2D eigenvalue weighted by atomic mass is 9.76. The first-order valence-corrected chi connectivity index (χ1v) is 9.51. The minimum absolute atomic E-state index is 0.376. The second kappa shape index (κ2) is 8.99. The maximum absolute atomic E-state index is 5.76. The minimum Gasteiger partial charge on any atom is -0.466 e. The molecule has 0 spiro atoms. The van der Waals surface area contributed by atoms with Gasteiger partial charge in [0.2, 0.25) is 0 Å². The van der Waals surface area contributed by atoms with E-state index in [2.05, 4.69) is 35.1 Å². The molecule has 1 fully saturated rings. The Balaban J connectivity index is 1.94. The Kier molecular flexibility index (Phi) is 7.31. The number of rotatable bonds is 8. The summed E-state index contributed by atoms with van der Waals surface area (Å²) in [5, 5.41) is 3.72. The highest BCUT2D eigenvalue weighted by molar-refractivity contribution is 9.10. The normalized spacial score (nSPS) is 24.1. The van der Waals surface area contributed by atoms with Crippen LogP contribution in [-0.4, -0.2) is 6.54 Å². The van der Waals surface area contributed by atoms with Crippen LogP contribution >= 0.6 is 15.9 Å². The third-order valence-corrected chi connectivity index (χ3v) is 5.53. The van der Waals surface area contributed by atoms with Crippen LogP contribution < -0.4 is 5.32 Å². The van der Waals surface area contributed by atoms with Gasteiger partial charge in [-0.15, -0.1) is 0 Å². The molecule has 0 aromatic carbocycles. The van der Waals surface area contributed by atoms with Crippen molar-refractivity contribution >= 4 is 15.9 Å². The molecule has 2 rings (SSSR count). The van der Waals surface area contributed by atoms with Crippen molar-refractivity contribution in [2.45, 2.75) is 71.3 Å². The van der Waals surface area contributed by atoms with Crippen LogP contribution in [0.3, 0.4) is 0 Å². The Morgan fingerprint density at radius 3 is 2.57 bits per heavy atom. The molecule has 1 N–H and O–H groups in total. The molecule has 1 atom stereocenters. The van der Waals surface area contributed by atoms with Gasteiger partial charge in [-0.3, -0.25) is 0 Å². The van der Waals surface area contributed by atoms with Crippen molar-refractivity contribution in [3.05, 3.63) is 22.6 Å². The predicted molar refractivity (Wildman–Crippen MR) is 92.4 cm³/mol. The first-order valence-electron chi connectivity index (χ1n) is 8.72. The second-order valence-corrected chi connectivity index (χ2v) is 7.34. The van der Waals surface area contributed by atoms with Gasteiger partial charge < -0.3 is 9.73 Å². The average Bonchev–Trinajstić information content (AvgIpc) is 2.93. The number of hydrogen-bond donors (Lipinski definition) is 1. The van der Waals surface area contributed by atoms with E-state index in [1.165, 1.54) is 51.4 Å². The van der Waals surface area contributed by atoms with E-state index in [9.17, 15) is 0 Å². The van der Waals surface area contributed by atoms with Gasteiger partial charge in [0.15, 0.2) is 0 Å². The van der Waals surface area contributed by atoms with Gasteiger partial charge in [-0.1, -0.05) is 46.0 Å². The van der Waals surface area contributed by atoms with E-state index in [1.807, 2.05) is 6.07 Å². The van der Waals surface area contributed by atoms with Gasteiger partial charge in [0.25, 0.3) is 0 Å². The highest BCUT2D eigenvalue weighted by atomic mass is 79.9. The van der Waals surface area contributed by atoms with Crippen LogP contribution in [0.25, 0.3) is 0 Å². The molecule has 21 heavy (non-hydrogen) atoms. The topological polar surface area (TPSA) is 25.2 Å². The SMILES string of the molecule is CCCCC1CCC(C(NCCC)c2occc2Br)CC1. The monoisotopic (exact) mass is 355 g/mol. The molecule has 3 heteroatoms. The van der Waals surface area contributed by atoms with E-state index in [0.717, 1.165) is 28.6 Å². The van der Waals surface area contributed by atoms with Gasteiger partial charge in [-0.2, -0.15) is 0 Å². The van der Waals surface area contributed by atoms with Crippen molar-refractivity contribution in [2.75, 3.05) is 6.54 Å². The maximum atomic E-state index is 5.76. The van der Waals surface area contributed by atoms with Gasteiger partial charge >= 0.3 is 0 Å². The molecule has 0 bridgehead atoms. The zero-order valence-electron chi connectivity index (χ0n) is 13.5. The molecule has 0 radical (unpaired) electrons.